The minimum atomic E-state index is -1.42. The Hall–Kier alpha value is -2.48. The van der Waals surface area contributed by atoms with Crippen molar-refractivity contribution in [2.45, 2.75) is 19.1 Å². The number of carboxylic acid groups (broad SMARTS) is 1. The van der Waals surface area contributed by atoms with E-state index >= 15 is 0 Å². The van der Waals surface area contributed by atoms with Crippen LogP contribution in [0.15, 0.2) is 12.1 Å². The van der Waals surface area contributed by atoms with E-state index in [1.807, 2.05) is 0 Å². The van der Waals surface area contributed by atoms with Crippen LogP contribution in [0.1, 0.15) is 17.3 Å². The van der Waals surface area contributed by atoms with Crippen molar-refractivity contribution in [1.29, 1.82) is 0 Å². The van der Waals surface area contributed by atoms with Crippen molar-refractivity contribution in [2.75, 3.05) is 21.3 Å². The molecule has 1 aromatic carbocycles. The van der Waals surface area contributed by atoms with Gasteiger partial charge in [-0.2, -0.15) is 0 Å². The van der Waals surface area contributed by atoms with Gasteiger partial charge in [0.2, 0.25) is 5.75 Å². The number of hydrogen-bond donors (Lipinski definition) is 3. The van der Waals surface area contributed by atoms with Gasteiger partial charge in [-0.1, -0.05) is 0 Å². The highest BCUT2D eigenvalue weighted by atomic mass is 16.5. The van der Waals surface area contributed by atoms with Gasteiger partial charge in [-0.05, 0) is 19.1 Å². The van der Waals surface area contributed by atoms with Gasteiger partial charge in [0.05, 0.1) is 27.4 Å². The smallest absolute Gasteiger partial charge is 0.328 e. The lowest BCUT2D eigenvalue weighted by Crippen LogP contribution is -2.47. The summed E-state index contributed by atoms with van der Waals surface area (Å²) >= 11 is 0. The summed E-state index contributed by atoms with van der Waals surface area (Å²) in [7, 11) is 4.22. The predicted molar refractivity (Wildman–Crippen MR) is 76.7 cm³/mol. The largest absolute Gasteiger partial charge is 0.493 e. The maximum Gasteiger partial charge on any atom is 0.328 e. The fourth-order valence-electron chi connectivity index (χ4n) is 1.83. The monoisotopic (exact) mass is 313 g/mol. The van der Waals surface area contributed by atoms with Crippen molar-refractivity contribution < 1.29 is 34.0 Å². The molecule has 0 bridgehead atoms. The van der Waals surface area contributed by atoms with E-state index in [0.29, 0.717) is 5.75 Å². The molecule has 1 rings (SSSR count). The molecule has 8 heteroatoms. The molecule has 0 saturated heterocycles. The molecule has 0 spiro atoms. The van der Waals surface area contributed by atoms with Crippen molar-refractivity contribution in [3.63, 3.8) is 0 Å². The third-order valence-corrected chi connectivity index (χ3v) is 2.96. The highest BCUT2D eigenvalue weighted by Gasteiger charge is 2.26. The first-order valence-corrected chi connectivity index (χ1v) is 6.37. The Labute approximate surface area is 127 Å². The van der Waals surface area contributed by atoms with Crippen molar-refractivity contribution in [2.24, 2.45) is 0 Å². The van der Waals surface area contributed by atoms with Crippen LogP contribution < -0.4 is 19.5 Å². The van der Waals surface area contributed by atoms with Crippen LogP contribution in [0.4, 0.5) is 0 Å². The second kappa shape index (κ2) is 7.51. The lowest BCUT2D eigenvalue weighted by molar-refractivity contribution is -0.141. The van der Waals surface area contributed by atoms with Crippen molar-refractivity contribution in [3.05, 3.63) is 17.7 Å². The van der Waals surface area contributed by atoms with Crippen LogP contribution in [0.5, 0.6) is 17.2 Å². The molecule has 0 heterocycles. The molecule has 0 aromatic heterocycles. The summed E-state index contributed by atoms with van der Waals surface area (Å²) in [4.78, 5) is 23.2. The molecule has 0 saturated carbocycles. The number of carboxylic acids is 1. The Kier molecular flexibility index (Phi) is 6.00. The highest BCUT2D eigenvalue weighted by molar-refractivity contribution is 5.97. The van der Waals surface area contributed by atoms with E-state index in [-0.39, 0.29) is 17.1 Å². The fraction of sp³-hybridized carbons (Fsp3) is 0.429. The van der Waals surface area contributed by atoms with E-state index in [2.05, 4.69) is 5.32 Å². The van der Waals surface area contributed by atoms with Gasteiger partial charge < -0.3 is 29.7 Å². The number of carbonyl (C=O) groups is 2. The number of hydrogen-bond acceptors (Lipinski definition) is 6. The summed E-state index contributed by atoms with van der Waals surface area (Å²) in [5, 5.41) is 20.6. The van der Waals surface area contributed by atoms with Crippen LogP contribution in [0.2, 0.25) is 0 Å². The molecule has 0 fully saturated rings. The lowest BCUT2D eigenvalue weighted by Gasteiger charge is -2.18. The summed E-state index contributed by atoms with van der Waals surface area (Å²) in [6.07, 6.45) is -1.25. The maximum absolute atomic E-state index is 12.2. The summed E-state index contributed by atoms with van der Waals surface area (Å²) in [5.41, 5.74) is 0.112. The van der Waals surface area contributed by atoms with E-state index in [1.54, 1.807) is 0 Å². The summed E-state index contributed by atoms with van der Waals surface area (Å²) in [6.45, 7) is 1.27. The first-order chi connectivity index (χ1) is 10.3. The number of nitrogens with one attached hydrogen (secondary N) is 1. The molecule has 2 atom stereocenters. The maximum atomic E-state index is 12.2. The summed E-state index contributed by atoms with van der Waals surface area (Å²) in [5.74, 6) is -1.19. The third kappa shape index (κ3) is 3.79. The topological polar surface area (TPSA) is 114 Å². The zero-order valence-corrected chi connectivity index (χ0v) is 12.7. The quantitative estimate of drug-likeness (QED) is 0.662. The number of amides is 1. The summed E-state index contributed by atoms with van der Waals surface area (Å²) in [6, 6.07) is 1.35. The average molecular weight is 313 g/mol. The fourth-order valence-corrected chi connectivity index (χ4v) is 1.83. The van der Waals surface area contributed by atoms with Crippen molar-refractivity contribution in [1.82, 2.24) is 5.32 Å². The Morgan fingerprint density at radius 1 is 1.09 bits per heavy atom. The molecule has 1 amide bonds. The van der Waals surface area contributed by atoms with Crippen molar-refractivity contribution in [3.8, 4) is 17.2 Å². The Morgan fingerprint density at radius 3 is 1.91 bits per heavy atom. The Bertz CT molecular complexity index is 531. The van der Waals surface area contributed by atoms with E-state index in [0.717, 1.165) is 0 Å². The second-order valence-electron chi connectivity index (χ2n) is 4.44. The van der Waals surface area contributed by atoms with E-state index in [1.165, 1.54) is 40.4 Å². The second-order valence-corrected chi connectivity index (χ2v) is 4.44. The first kappa shape index (κ1) is 17.6. The molecule has 3 N–H and O–H groups in total. The number of benzene rings is 1. The molecule has 0 aliphatic rings. The average Bonchev–Trinajstić information content (AvgIpc) is 2.49. The minimum absolute atomic E-state index is 0.112. The summed E-state index contributed by atoms with van der Waals surface area (Å²) < 4.78 is 15.4. The van der Waals surface area contributed by atoms with Gasteiger partial charge in [-0.25, -0.2) is 4.79 Å². The molecule has 0 aliphatic carbocycles. The number of aliphatic carboxylic acids is 1. The van der Waals surface area contributed by atoms with E-state index < -0.39 is 24.0 Å². The zero-order valence-electron chi connectivity index (χ0n) is 12.7. The molecular weight excluding hydrogens is 294 g/mol. The molecule has 0 aliphatic heterocycles. The number of rotatable bonds is 7. The molecular formula is C14H19NO7. The van der Waals surface area contributed by atoms with Crippen LogP contribution in [0, 0.1) is 0 Å². The first-order valence-electron chi connectivity index (χ1n) is 6.37. The number of aliphatic hydroxyl groups is 1. The number of aliphatic hydroxyl groups excluding tert-OH is 1. The van der Waals surface area contributed by atoms with Gasteiger partial charge in [-0.3, -0.25) is 4.79 Å². The lowest BCUT2D eigenvalue weighted by atomic mass is 10.1. The molecule has 2 unspecified atom stereocenters. The number of ether oxygens (including phenoxy) is 3. The Morgan fingerprint density at radius 2 is 1.59 bits per heavy atom. The molecule has 22 heavy (non-hydrogen) atoms. The molecule has 1 aromatic rings. The van der Waals surface area contributed by atoms with Gasteiger partial charge >= 0.3 is 5.97 Å². The molecule has 0 radical (unpaired) electrons. The minimum Gasteiger partial charge on any atom is -0.493 e. The number of carbonyl (C=O) groups excluding carboxylic acids is 1. The van der Waals surface area contributed by atoms with E-state index in [4.69, 9.17) is 19.3 Å². The zero-order chi connectivity index (χ0) is 16.9. The van der Waals surface area contributed by atoms with Gasteiger partial charge in [0.25, 0.3) is 5.91 Å². The van der Waals surface area contributed by atoms with Gasteiger partial charge in [0.15, 0.2) is 17.5 Å². The van der Waals surface area contributed by atoms with Crippen LogP contribution in [-0.2, 0) is 4.79 Å². The van der Waals surface area contributed by atoms with Gasteiger partial charge in [-0.15, -0.1) is 0 Å². The number of methoxy groups -OCH3 is 3. The standard InChI is InChI=1S/C14H19NO7/c1-7(16)11(14(18)19)15-13(17)8-5-9(20-2)12(22-4)10(6-8)21-3/h5-7,11,16H,1-4H3,(H,15,17)(H,18,19). The Balaban J connectivity index is 3.15. The van der Waals surface area contributed by atoms with Gasteiger partial charge in [0, 0.05) is 5.56 Å². The van der Waals surface area contributed by atoms with Crippen molar-refractivity contribution >= 4 is 11.9 Å². The van der Waals surface area contributed by atoms with Crippen LogP contribution in [0.25, 0.3) is 0 Å². The van der Waals surface area contributed by atoms with Crippen LogP contribution in [-0.4, -0.2) is 55.6 Å². The highest BCUT2D eigenvalue weighted by Crippen LogP contribution is 2.38. The van der Waals surface area contributed by atoms with Crippen LogP contribution in [0.3, 0.4) is 0 Å². The SMILES string of the molecule is COc1cc(C(=O)NC(C(=O)O)C(C)O)cc(OC)c1OC. The van der Waals surface area contributed by atoms with Gasteiger partial charge in [0.1, 0.15) is 0 Å². The van der Waals surface area contributed by atoms with E-state index in [9.17, 15) is 14.7 Å². The molecule has 8 nitrogen and oxygen atoms in total. The predicted octanol–water partition coefficient (Wildman–Crippen LogP) is 0.276. The van der Waals surface area contributed by atoms with Crippen LogP contribution >= 0.6 is 0 Å². The molecule has 122 valence electrons. The third-order valence-electron chi connectivity index (χ3n) is 2.96. The normalized spacial score (nSPS) is 13.0.